The molecule has 0 saturated carbocycles. The number of piperidine rings is 1. The molecule has 2 aromatic carbocycles. The third kappa shape index (κ3) is 11.5. The fraction of sp³-hybridized carbons (Fsp3) is 0.533. The van der Waals surface area contributed by atoms with Gasteiger partial charge in [0.25, 0.3) is 11.7 Å². The van der Waals surface area contributed by atoms with Crippen LogP contribution in [0.15, 0.2) is 94.5 Å². The van der Waals surface area contributed by atoms with Gasteiger partial charge in [-0.2, -0.15) is 0 Å². The van der Waals surface area contributed by atoms with E-state index in [1.807, 2.05) is 32.0 Å². The summed E-state index contributed by atoms with van der Waals surface area (Å²) >= 11 is 0. The van der Waals surface area contributed by atoms with Gasteiger partial charge >= 0.3 is 11.8 Å². The number of phenols is 1. The standard InChI is InChI=1S/C60H77N5O11/c1-32(2)31-65-26-24-60(25-27-65)63-48-45-46-53(70)39(9)56-47(45)57(72)59(10,76-56)74-28-23-33(3)36(6)55(75-44(67)30-43(66)61-42-21-19-41(20-22-42)29-40-17-12-11-13-18-40)38(8)52(69)37(7)51(68)34(4)15-14-16-35(5)58(73)62-50(54(46)71)49(48)64-60/h11-19,23,28,32-34,36-38,42,51-52,55,64,68-70H,20-22,24-27,29-31H2,1-10H3,(H,61,66)(H,62,73)/b15-14+,28-23+,35-16-/t33-,34?,36+,37+,38+,42?,51-,52?,55+,59?/m0/s1. The van der Waals surface area contributed by atoms with Gasteiger partial charge in [-0.05, 0) is 68.9 Å². The number of phenolic OH excluding ortho intramolecular Hbond substituents is 1. The molecule has 16 nitrogen and oxygen atoms in total. The fourth-order valence-electron chi connectivity index (χ4n) is 11.6. The van der Waals surface area contributed by atoms with Crippen molar-refractivity contribution >= 4 is 35.1 Å². The number of nitrogens with one attached hydrogen (secondary N) is 3. The summed E-state index contributed by atoms with van der Waals surface area (Å²) in [6.45, 7) is 20.2. The Morgan fingerprint density at radius 1 is 0.921 bits per heavy atom. The van der Waals surface area contributed by atoms with Crippen LogP contribution in [0.4, 0.5) is 0 Å². The molecule has 1 spiro atoms. The lowest BCUT2D eigenvalue weighted by molar-refractivity contribution is -0.162. The number of nitrogens with zero attached hydrogens (tertiary/aromatic N) is 2. The van der Waals surface area contributed by atoms with Gasteiger partial charge in [-0.1, -0.05) is 109 Å². The van der Waals surface area contributed by atoms with Crippen molar-refractivity contribution < 1.29 is 53.5 Å². The van der Waals surface area contributed by atoms with Crippen molar-refractivity contribution in [3.63, 3.8) is 0 Å². The first kappa shape index (κ1) is 55.9. The lowest BCUT2D eigenvalue weighted by Crippen LogP contribution is -2.50. The topological polar surface area (TPSA) is 225 Å². The lowest BCUT2D eigenvalue weighted by atomic mass is 9.77. The molecule has 76 heavy (non-hydrogen) atoms. The van der Waals surface area contributed by atoms with E-state index in [4.69, 9.17) is 19.2 Å². The van der Waals surface area contributed by atoms with Gasteiger partial charge < -0.3 is 50.4 Å². The molecule has 5 aliphatic heterocycles. The molecule has 2 amide bonds. The minimum atomic E-state index is -1.98. The van der Waals surface area contributed by atoms with Crippen molar-refractivity contribution in [1.29, 1.82) is 0 Å². The summed E-state index contributed by atoms with van der Waals surface area (Å²) in [6.07, 6.45) is 10.5. The number of allylic oxidation sites excluding steroid dienone is 6. The minimum absolute atomic E-state index is 0.0152. The van der Waals surface area contributed by atoms with Gasteiger partial charge in [-0.25, -0.2) is 0 Å². The Kier molecular flexibility index (Phi) is 16.7. The van der Waals surface area contributed by atoms with Crippen LogP contribution in [0.3, 0.4) is 0 Å². The third-order valence-electron chi connectivity index (χ3n) is 16.5. The molecular formula is C60H77N5O11. The van der Waals surface area contributed by atoms with E-state index < -0.39 is 101 Å². The fourth-order valence-corrected chi connectivity index (χ4v) is 11.6. The summed E-state index contributed by atoms with van der Waals surface area (Å²) in [7, 11) is 0. The zero-order chi connectivity index (χ0) is 55.0. The Hall–Kier alpha value is -6.36. The van der Waals surface area contributed by atoms with Crippen molar-refractivity contribution in [1.82, 2.24) is 20.9 Å². The van der Waals surface area contributed by atoms with Crippen LogP contribution in [-0.2, 0) is 30.3 Å². The summed E-state index contributed by atoms with van der Waals surface area (Å²) in [5, 5.41) is 44.9. The molecule has 408 valence electrons. The first-order valence-corrected chi connectivity index (χ1v) is 27.1. The SMILES string of the molecule is C/C1=C/C=C/C(C)[C@H](O)[C@@H](C)C(O)[C@@H](C)[C@H](OC(=O)CC(=O)NC2CC=C(Cc3ccccc3)CC2)[C@H](C)[C@@H](C)/C=C/OC2(C)Oc3c(C)c(O)c4c(c3C2=O)C2=NC3(CCN(CC(C)C)CC3)NC2=C(NC1=O)C4=O. The molecule has 9 rings (SSSR count). The monoisotopic (exact) mass is 1040 g/mol. The molecule has 1 saturated heterocycles. The molecule has 5 heterocycles. The number of amides is 2. The number of rotatable bonds is 8. The molecule has 6 N–H and O–H groups in total. The van der Waals surface area contributed by atoms with E-state index in [2.05, 4.69) is 52.9 Å². The van der Waals surface area contributed by atoms with Gasteiger partial charge in [0.05, 0.1) is 41.0 Å². The summed E-state index contributed by atoms with van der Waals surface area (Å²) in [4.78, 5) is 78.6. The van der Waals surface area contributed by atoms with E-state index in [1.165, 1.54) is 24.3 Å². The Labute approximate surface area is 446 Å². The van der Waals surface area contributed by atoms with E-state index in [0.717, 1.165) is 25.8 Å². The third-order valence-corrected chi connectivity index (χ3v) is 16.5. The number of aliphatic hydroxyl groups excluding tert-OH is 2. The number of carbonyl (C=O) groups is 5. The molecule has 4 unspecified atom stereocenters. The Bertz CT molecular complexity index is 2800. The summed E-state index contributed by atoms with van der Waals surface area (Å²) in [5.74, 6) is -8.09. The quantitative estimate of drug-likeness (QED) is 0.0860. The molecule has 0 aromatic heterocycles. The maximum Gasteiger partial charge on any atom is 0.315 e. The van der Waals surface area contributed by atoms with Gasteiger partial charge in [0, 0.05) is 79.9 Å². The minimum Gasteiger partial charge on any atom is -0.507 e. The zero-order valence-electron chi connectivity index (χ0n) is 45.7. The molecule has 2 aliphatic carbocycles. The second-order valence-corrected chi connectivity index (χ2v) is 22.8. The van der Waals surface area contributed by atoms with Crippen LogP contribution in [0.1, 0.15) is 138 Å². The first-order chi connectivity index (χ1) is 36.0. The smallest absolute Gasteiger partial charge is 0.315 e. The largest absolute Gasteiger partial charge is 0.507 e. The van der Waals surface area contributed by atoms with Crippen LogP contribution in [-0.4, -0.2) is 111 Å². The van der Waals surface area contributed by atoms with E-state index >= 15 is 0 Å². The van der Waals surface area contributed by atoms with E-state index in [1.54, 1.807) is 58.9 Å². The number of aromatic hydroxyl groups is 1. The molecule has 0 radical (unpaired) electrons. The van der Waals surface area contributed by atoms with Gasteiger partial charge in [0.1, 0.15) is 35.4 Å². The van der Waals surface area contributed by atoms with Gasteiger partial charge in [0.2, 0.25) is 11.7 Å². The number of aliphatic hydroxyl groups is 2. The maximum absolute atomic E-state index is 14.9. The van der Waals surface area contributed by atoms with Crippen molar-refractivity contribution in [2.45, 2.75) is 150 Å². The second kappa shape index (κ2) is 22.7. The van der Waals surface area contributed by atoms with E-state index in [9.17, 15) is 39.3 Å². The highest BCUT2D eigenvalue weighted by Gasteiger charge is 2.54. The summed E-state index contributed by atoms with van der Waals surface area (Å²) in [6, 6.07) is 10.1. The predicted octanol–water partition coefficient (Wildman–Crippen LogP) is 7.44. The van der Waals surface area contributed by atoms with Gasteiger partial charge in [-0.15, -0.1) is 0 Å². The summed E-state index contributed by atoms with van der Waals surface area (Å²) in [5.41, 5.74) is 2.28. The average molecular weight is 1040 g/mol. The maximum atomic E-state index is 14.9. The molecule has 7 aliphatic rings. The number of carbonyl (C=O) groups excluding carboxylic acids is 5. The van der Waals surface area contributed by atoms with E-state index in [-0.39, 0.29) is 56.7 Å². The van der Waals surface area contributed by atoms with Crippen LogP contribution >= 0.6 is 0 Å². The Morgan fingerprint density at radius 2 is 1.63 bits per heavy atom. The molecule has 5 bridgehead atoms. The molecular weight excluding hydrogens is 967 g/mol. The Morgan fingerprint density at radius 3 is 2.30 bits per heavy atom. The second-order valence-electron chi connectivity index (χ2n) is 22.8. The van der Waals surface area contributed by atoms with Gasteiger partial charge in [0.15, 0.2) is 0 Å². The molecule has 16 heteroatoms. The van der Waals surface area contributed by atoms with Crippen molar-refractivity contribution in [3.05, 3.63) is 117 Å². The number of fused-ring (bicyclic) bond motifs is 13. The number of hydrogen-bond donors (Lipinski definition) is 6. The predicted molar refractivity (Wildman–Crippen MR) is 288 cm³/mol. The van der Waals surface area contributed by atoms with Crippen LogP contribution < -0.4 is 20.7 Å². The number of likely N-dealkylation sites (tertiary alicyclic amines) is 1. The molecule has 1 fully saturated rings. The number of benzene rings is 2. The molecule has 2 aromatic rings. The Balaban J connectivity index is 1.09. The highest BCUT2D eigenvalue weighted by molar-refractivity contribution is 6.34. The zero-order valence-corrected chi connectivity index (χ0v) is 45.7. The summed E-state index contributed by atoms with van der Waals surface area (Å²) < 4.78 is 18.7. The van der Waals surface area contributed by atoms with Gasteiger partial charge in [-0.3, -0.25) is 29.0 Å². The highest BCUT2D eigenvalue weighted by Crippen LogP contribution is 2.50. The average Bonchev–Trinajstić information content (AvgIpc) is 4.00. The first-order valence-electron chi connectivity index (χ1n) is 27.1. The van der Waals surface area contributed by atoms with Crippen LogP contribution in [0, 0.1) is 42.4 Å². The van der Waals surface area contributed by atoms with Crippen LogP contribution in [0.25, 0.3) is 0 Å². The van der Waals surface area contributed by atoms with Crippen molar-refractivity contribution in [2.24, 2.45) is 40.5 Å². The van der Waals surface area contributed by atoms with Crippen molar-refractivity contribution in [3.8, 4) is 11.5 Å². The number of Topliss-reactive ketones (excluding diaryl/α,β-unsaturated/α-hetero) is 2. The highest BCUT2D eigenvalue weighted by atomic mass is 16.7. The molecule has 10 atom stereocenters. The lowest BCUT2D eigenvalue weighted by Gasteiger charge is -2.38. The number of esters is 1. The van der Waals surface area contributed by atoms with Crippen LogP contribution in [0.5, 0.6) is 11.5 Å². The van der Waals surface area contributed by atoms with E-state index in [0.29, 0.717) is 38.3 Å². The number of aliphatic imine (C=N–C) groups is 1. The number of ketones is 2. The normalized spacial score (nSPS) is 31.5. The number of hydrogen-bond acceptors (Lipinski definition) is 14. The van der Waals surface area contributed by atoms with Crippen molar-refractivity contribution in [2.75, 3.05) is 19.6 Å². The number of ether oxygens (including phenoxy) is 3. The van der Waals surface area contributed by atoms with Crippen LogP contribution in [0.2, 0.25) is 0 Å².